The third-order valence-corrected chi connectivity index (χ3v) is 7.01. The first-order valence-electron chi connectivity index (χ1n) is 11.5. The molecule has 0 aliphatic carbocycles. The lowest BCUT2D eigenvalue weighted by Crippen LogP contribution is -2.29. The van der Waals surface area contributed by atoms with Crippen LogP contribution in [0.1, 0.15) is 29.9 Å². The number of nitrogens with one attached hydrogen (secondary N) is 1. The summed E-state index contributed by atoms with van der Waals surface area (Å²) in [6.07, 6.45) is 7.59. The lowest BCUT2D eigenvalue weighted by atomic mass is 9.82. The monoisotopic (exact) mass is 459 g/mol. The first-order valence-corrected chi connectivity index (χ1v) is 11.5. The maximum Gasteiger partial charge on any atom is 0.166 e. The van der Waals surface area contributed by atoms with Gasteiger partial charge in [0, 0.05) is 53.9 Å². The third-order valence-electron chi connectivity index (χ3n) is 7.01. The number of aromatic nitrogens is 5. The zero-order valence-corrected chi connectivity index (χ0v) is 18.7. The zero-order valence-electron chi connectivity index (χ0n) is 18.7. The molecule has 5 heterocycles. The fourth-order valence-corrected chi connectivity index (χ4v) is 5.19. The van der Waals surface area contributed by atoms with Gasteiger partial charge in [0.2, 0.25) is 0 Å². The summed E-state index contributed by atoms with van der Waals surface area (Å²) in [4.78, 5) is 14.3. The number of benzene rings is 1. The number of imidazole rings is 1. The van der Waals surface area contributed by atoms with E-state index < -0.39 is 0 Å². The molecule has 1 saturated heterocycles. The van der Waals surface area contributed by atoms with E-state index in [-0.39, 0.29) is 23.7 Å². The molecule has 1 unspecified atom stereocenters. The van der Waals surface area contributed by atoms with Crippen LogP contribution in [0.3, 0.4) is 0 Å². The average Bonchev–Trinajstić information content (AvgIpc) is 3.62. The molecule has 3 N–H and O–H groups in total. The first kappa shape index (κ1) is 20.9. The third kappa shape index (κ3) is 3.71. The Balaban J connectivity index is 1.21. The molecule has 8 nitrogen and oxygen atoms in total. The van der Waals surface area contributed by atoms with Gasteiger partial charge >= 0.3 is 0 Å². The predicted octanol–water partition coefficient (Wildman–Crippen LogP) is 3.52. The summed E-state index contributed by atoms with van der Waals surface area (Å²) in [6.45, 7) is 3.86. The highest BCUT2D eigenvalue weighted by molar-refractivity contribution is 5.64. The van der Waals surface area contributed by atoms with Crippen LogP contribution in [-0.2, 0) is 25.1 Å². The van der Waals surface area contributed by atoms with Crippen LogP contribution in [0.25, 0.3) is 11.3 Å². The lowest BCUT2D eigenvalue weighted by molar-refractivity contribution is 0.295. The number of rotatable bonds is 6. The highest BCUT2D eigenvalue weighted by Gasteiger charge is 2.45. The second-order valence-electron chi connectivity index (χ2n) is 9.15. The Labute approximate surface area is 196 Å². The lowest BCUT2D eigenvalue weighted by Gasteiger charge is -2.23. The number of nitrogen functional groups attached to an aromatic ring is 1. The Kier molecular flexibility index (Phi) is 5.06. The van der Waals surface area contributed by atoms with Crippen LogP contribution in [-0.4, -0.2) is 42.7 Å². The maximum atomic E-state index is 14.0. The van der Waals surface area contributed by atoms with Crippen molar-refractivity contribution in [3.05, 3.63) is 77.9 Å². The molecule has 1 aromatic carbocycles. The molecule has 1 spiro atoms. The predicted molar refractivity (Wildman–Crippen MR) is 125 cm³/mol. The molecular formula is C25H26FN7O. The maximum absolute atomic E-state index is 14.0. The quantitative estimate of drug-likeness (QED) is 0.458. The molecule has 2 aliphatic rings. The SMILES string of the molecule is Nc1ncc(-c2cc3n(n2)CCC32CCN(Cc3ncc[nH]3)C2)cc1OCc1ccccc1F. The average molecular weight is 460 g/mol. The van der Waals surface area contributed by atoms with Crippen LogP contribution in [0.5, 0.6) is 5.75 Å². The van der Waals surface area contributed by atoms with Crippen molar-refractivity contribution in [3.63, 3.8) is 0 Å². The number of nitrogens with two attached hydrogens (primary N) is 1. The molecule has 9 heteroatoms. The van der Waals surface area contributed by atoms with Crippen LogP contribution < -0.4 is 10.5 Å². The summed E-state index contributed by atoms with van der Waals surface area (Å²) in [6, 6.07) is 10.6. The minimum Gasteiger partial charge on any atom is -0.485 e. The number of likely N-dealkylation sites (tertiary alicyclic amines) is 1. The number of fused-ring (bicyclic) bond motifs is 2. The van der Waals surface area contributed by atoms with E-state index in [1.54, 1.807) is 30.6 Å². The van der Waals surface area contributed by atoms with E-state index >= 15 is 0 Å². The molecule has 0 saturated carbocycles. The van der Waals surface area contributed by atoms with E-state index in [9.17, 15) is 4.39 Å². The van der Waals surface area contributed by atoms with E-state index in [0.717, 1.165) is 56.1 Å². The number of pyridine rings is 1. The molecule has 6 rings (SSSR count). The van der Waals surface area contributed by atoms with Crippen LogP contribution >= 0.6 is 0 Å². The molecule has 34 heavy (non-hydrogen) atoms. The highest BCUT2D eigenvalue weighted by atomic mass is 19.1. The van der Waals surface area contributed by atoms with Gasteiger partial charge in [-0.1, -0.05) is 18.2 Å². The molecule has 0 radical (unpaired) electrons. The van der Waals surface area contributed by atoms with Crippen molar-refractivity contribution in [2.45, 2.75) is 38.0 Å². The fraction of sp³-hybridized carbons (Fsp3) is 0.320. The van der Waals surface area contributed by atoms with Crippen molar-refractivity contribution >= 4 is 5.82 Å². The Morgan fingerprint density at radius 3 is 2.88 bits per heavy atom. The normalized spacial score (nSPS) is 19.7. The largest absolute Gasteiger partial charge is 0.485 e. The number of nitrogens with zero attached hydrogens (tertiary/aromatic N) is 5. The van der Waals surface area contributed by atoms with Crippen molar-refractivity contribution in [1.29, 1.82) is 0 Å². The van der Waals surface area contributed by atoms with Crippen molar-refractivity contribution < 1.29 is 9.13 Å². The summed E-state index contributed by atoms with van der Waals surface area (Å²) in [5.41, 5.74) is 9.58. The van der Waals surface area contributed by atoms with Gasteiger partial charge in [0.05, 0.1) is 12.2 Å². The van der Waals surface area contributed by atoms with E-state index in [1.165, 1.54) is 11.8 Å². The van der Waals surface area contributed by atoms with Crippen LogP contribution in [0.2, 0.25) is 0 Å². The van der Waals surface area contributed by atoms with Gasteiger partial charge in [0.25, 0.3) is 0 Å². The standard InChI is InChI=1S/C25H26FN7O/c26-19-4-2-1-3-17(19)15-34-21-11-18(13-30-24(21)27)20-12-22-25(6-10-33(22)31-20)5-9-32(16-25)14-23-28-7-8-29-23/h1-4,7-8,11-13H,5-6,9-10,14-16H2,(H2,27,30)(H,28,29). The molecular weight excluding hydrogens is 433 g/mol. The van der Waals surface area contributed by atoms with E-state index in [2.05, 4.69) is 30.6 Å². The van der Waals surface area contributed by atoms with E-state index in [0.29, 0.717) is 11.3 Å². The number of H-pyrrole nitrogens is 1. The smallest absolute Gasteiger partial charge is 0.166 e. The fourth-order valence-electron chi connectivity index (χ4n) is 5.19. The summed E-state index contributed by atoms with van der Waals surface area (Å²) in [5, 5.41) is 4.87. The minimum atomic E-state index is -0.307. The van der Waals surface area contributed by atoms with Gasteiger partial charge in [0.1, 0.15) is 18.2 Å². The minimum absolute atomic E-state index is 0.0797. The molecule has 1 atom stereocenters. The van der Waals surface area contributed by atoms with Gasteiger partial charge in [-0.2, -0.15) is 5.10 Å². The Morgan fingerprint density at radius 2 is 2.03 bits per heavy atom. The van der Waals surface area contributed by atoms with Crippen molar-refractivity contribution in [2.75, 3.05) is 18.8 Å². The molecule has 3 aromatic heterocycles. The second-order valence-corrected chi connectivity index (χ2v) is 9.15. The molecule has 1 fully saturated rings. The summed E-state index contributed by atoms with van der Waals surface area (Å²) >= 11 is 0. The molecule has 174 valence electrons. The van der Waals surface area contributed by atoms with Gasteiger partial charge < -0.3 is 15.5 Å². The van der Waals surface area contributed by atoms with Crippen LogP contribution in [0, 0.1) is 5.82 Å². The van der Waals surface area contributed by atoms with Gasteiger partial charge in [0.15, 0.2) is 11.6 Å². The Morgan fingerprint density at radius 1 is 1.15 bits per heavy atom. The van der Waals surface area contributed by atoms with Gasteiger partial charge in [-0.15, -0.1) is 0 Å². The van der Waals surface area contributed by atoms with Crippen LogP contribution in [0.4, 0.5) is 10.2 Å². The Bertz CT molecular complexity index is 1320. The van der Waals surface area contributed by atoms with Gasteiger partial charge in [-0.05, 0) is 37.6 Å². The van der Waals surface area contributed by atoms with Gasteiger partial charge in [-0.3, -0.25) is 9.58 Å². The van der Waals surface area contributed by atoms with E-state index in [4.69, 9.17) is 15.6 Å². The molecule has 0 bridgehead atoms. The number of anilines is 1. The number of aryl methyl sites for hydroxylation is 1. The number of aromatic amines is 1. The van der Waals surface area contributed by atoms with Crippen molar-refractivity contribution in [2.24, 2.45) is 0 Å². The summed E-state index contributed by atoms with van der Waals surface area (Å²) in [5.74, 6) is 1.39. The van der Waals surface area contributed by atoms with Gasteiger partial charge in [-0.25, -0.2) is 14.4 Å². The first-order chi connectivity index (χ1) is 16.6. The summed E-state index contributed by atoms with van der Waals surface area (Å²) in [7, 11) is 0. The summed E-state index contributed by atoms with van der Waals surface area (Å²) < 4.78 is 21.9. The Hall–Kier alpha value is -3.72. The van der Waals surface area contributed by atoms with E-state index in [1.807, 2.05) is 12.3 Å². The van der Waals surface area contributed by atoms with Crippen molar-refractivity contribution in [1.82, 2.24) is 29.6 Å². The van der Waals surface area contributed by atoms with Crippen molar-refractivity contribution in [3.8, 4) is 17.0 Å². The number of hydrogen-bond donors (Lipinski definition) is 2. The zero-order chi connectivity index (χ0) is 23.1. The highest BCUT2D eigenvalue weighted by Crippen LogP contribution is 2.44. The van der Waals surface area contributed by atoms with Crippen LogP contribution in [0.15, 0.2) is 55.0 Å². The topological polar surface area (TPSA) is 97.9 Å². The molecule has 0 amide bonds. The number of hydrogen-bond acceptors (Lipinski definition) is 6. The second kappa shape index (κ2) is 8.25. The molecule has 4 aromatic rings. The molecule has 2 aliphatic heterocycles. The number of ether oxygens (including phenoxy) is 1. The number of halogens is 1.